The lowest BCUT2D eigenvalue weighted by atomic mass is 9.96. The standard InChI is InChI=1S/C47H29N5/c1-4-17-31(18-5-1)45-48-46(32-19-6-2-7-20-32)50-47(49-45)52-39-29-28-30-16-10-11-23-34(30)41(39)42-36-25-13-12-24-35(36)40-37-26-14-15-27-38(37)51(43(40)44(42)52)33-21-8-3-9-22-33/h1-29H. The molecule has 3 heterocycles. The predicted octanol–water partition coefficient (Wildman–Crippen LogP) is 11.7. The van der Waals surface area contributed by atoms with Crippen LogP contribution in [0.5, 0.6) is 0 Å². The molecule has 0 amide bonds. The summed E-state index contributed by atoms with van der Waals surface area (Å²) in [5, 5.41) is 9.55. The number of para-hydroxylation sites is 2. The molecule has 11 rings (SSSR count). The molecule has 0 spiro atoms. The number of aromatic nitrogens is 5. The van der Waals surface area contributed by atoms with Gasteiger partial charge in [-0.15, -0.1) is 0 Å². The van der Waals surface area contributed by atoms with Gasteiger partial charge in [0, 0.05) is 38.4 Å². The van der Waals surface area contributed by atoms with Gasteiger partial charge in [-0.05, 0) is 45.8 Å². The third kappa shape index (κ3) is 4.14. The number of rotatable bonds is 4. The minimum Gasteiger partial charge on any atom is -0.307 e. The van der Waals surface area contributed by atoms with Gasteiger partial charge in [-0.2, -0.15) is 9.97 Å². The van der Waals surface area contributed by atoms with Crippen LogP contribution >= 0.6 is 0 Å². The Morgan fingerprint density at radius 3 is 1.52 bits per heavy atom. The summed E-state index contributed by atoms with van der Waals surface area (Å²) in [4.78, 5) is 15.7. The Morgan fingerprint density at radius 1 is 0.327 bits per heavy atom. The number of hydrogen-bond acceptors (Lipinski definition) is 3. The fourth-order valence-electron chi connectivity index (χ4n) is 8.15. The van der Waals surface area contributed by atoms with Crippen LogP contribution in [0.15, 0.2) is 176 Å². The average Bonchev–Trinajstić information content (AvgIpc) is 3.76. The van der Waals surface area contributed by atoms with Gasteiger partial charge in [-0.1, -0.05) is 152 Å². The second kappa shape index (κ2) is 11.2. The Morgan fingerprint density at radius 2 is 0.846 bits per heavy atom. The molecule has 52 heavy (non-hydrogen) atoms. The minimum atomic E-state index is 0.574. The van der Waals surface area contributed by atoms with Crippen molar-refractivity contribution in [2.75, 3.05) is 0 Å². The normalized spacial score (nSPS) is 11.8. The summed E-state index contributed by atoms with van der Waals surface area (Å²) in [6.45, 7) is 0. The number of fused-ring (bicyclic) bond motifs is 12. The Bertz CT molecular complexity index is 3100. The van der Waals surface area contributed by atoms with E-state index in [1.165, 1.54) is 43.1 Å². The van der Waals surface area contributed by atoms with Gasteiger partial charge in [0.05, 0.1) is 22.1 Å². The van der Waals surface area contributed by atoms with E-state index in [0.29, 0.717) is 17.6 Å². The molecule has 3 aromatic heterocycles. The smallest absolute Gasteiger partial charge is 0.238 e. The van der Waals surface area contributed by atoms with Crippen LogP contribution in [0.2, 0.25) is 0 Å². The lowest BCUT2D eigenvalue weighted by Crippen LogP contribution is -2.07. The third-order valence-corrected chi connectivity index (χ3v) is 10.3. The molecular weight excluding hydrogens is 635 g/mol. The summed E-state index contributed by atoms with van der Waals surface area (Å²) in [7, 11) is 0. The molecule has 0 bridgehead atoms. The van der Waals surface area contributed by atoms with E-state index in [2.05, 4.69) is 149 Å². The van der Waals surface area contributed by atoms with Crippen molar-refractivity contribution in [3.8, 4) is 34.4 Å². The monoisotopic (exact) mass is 663 g/mol. The highest BCUT2D eigenvalue weighted by molar-refractivity contribution is 6.39. The van der Waals surface area contributed by atoms with E-state index in [1.54, 1.807) is 0 Å². The van der Waals surface area contributed by atoms with Crippen LogP contribution in [0.25, 0.3) is 99.6 Å². The van der Waals surface area contributed by atoms with E-state index in [9.17, 15) is 0 Å². The van der Waals surface area contributed by atoms with E-state index < -0.39 is 0 Å². The van der Waals surface area contributed by atoms with Gasteiger partial charge in [0.2, 0.25) is 5.95 Å². The Kier molecular flexibility index (Phi) is 6.18. The topological polar surface area (TPSA) is 48.5 Å². The highest BCUT2D eigenvalue weighted by atomic mass is 15.2. The molecule has 0 aliphatic rings. The van der Waals surface area contributed by atoms with Crippen LogP contribution in [0.1, 0.15) is 0 Å². The van der Waals surface area contributed by atoms with Gasteiger partial charge in [-0.3, -0.25) is 4.57 Å². The maximum atomic E-state index is 5.33. The summed E-state index contributed by atoms with van der Waals surface area (Å²) in [5.41, 5.74) is 7.33. The second-order valence-electron chi connectivity index (χ2n) is 13.2. The van der Waals surface area contributed by atoms with E-state index in [0.717, 1.165) is 38.9 Å². The van der Waals surface area contributed by atoms with Crippen LogP contribution in [-0.2, 0) is 0 Å². The zero-order chi connectivity index (χ0) is 34.2. The quantitative estimate of drug-likeness (QED) is 0.188. The molecule has 11 aromatic rings. The Hall–Kier alpha value is -7.11. The molecule has 0 atom stereocenters. The van der Waals surface area contributed by atoms with E-state index in [1.807, 2.05) is 36.4 Å². The molecule has 5 heteroatoms. The summed E-state index contributed by atoms with van der Waals surface area (Å²) in [5.74, 6) is 1.83. The molecule has 242 valence electrons. The largest absolute Gasteiger partial charge is 0.307 e. The van der Waals surface area contributed by atoms with Crippen LogP contribution in [0.3, 0.4) is 0 Å². The van der Waals surface area contributed by atoms with Crippen LogP contribution in [0.4, 0.5) is 0 Å². The van der Waals surface area contributed by atoms with Crippen molar-refractivity contribution in [2.45, 2.75) is 0 Å². The third-order valence-electron chi connectivity index (χ3n) is 10.3. The maximum absolute atomic E-state index is 5.33. The molecule has 0 N–H and O–H groups in total. The predicted molar refractivity (Wildman–Crippen MR) is 214 cm³/mol. The van der Waals surface area contributed by atoms with Gasteiger partial charge in [0.1, 0.15) is 0 Å². The minimum absolute atomic E-state index is 0.574. The SMILES string of the molecule is c1ccc(-c2nc(-c3ccccc3)nc(-n3c4ccc5ccccc5c4c4c5ccccc5c5c6ccccc6n(-c6ccccc6)c5c43)n2)cc1. The first kappa shape index (κ1) is 28.7. The number of nitrogens with zero attached hydrogens (tertiary/aromatic N) is 5. The van der Waals surface area contributed by atoms with Crippen molar-refractivity contribution in [1.29, 1.82) is 0 Å². The summed E-state index contributed by atoms with van der Waals surface area (Å²) < 4.78 is 4.72. The molecule has 8 aromatic carbocycles. The molecule has 0 unspecified atom stereocenters. The summed E-state index contributed by atoms with van der Waals surface area (Å²) in [6.07, 6.45) is 0. The van der Waals surface area contributed by atoms with Gasteiger partial charge < -0.3 is 4.57 Å². The van der Waals surface area contributed by atoms with Crippen molar-refractivity contribution in [1.82, 2.24) is 24.1 Å². The highest BCUT2D eigenvalue weighted by Crippen LogP contribution is 2.48. The van der Waals surface area contributed by atoms with Crippen molar-refractivity contribution in [3.05, 3.63) is 176 Å². The first-order valence-electron chi connectivity index (χ1n) is 17.6. The fraction of sp³-hybridized carbons (Fsp3) is 0. The van der Waals surface area contributed by atoms with Gasteiger partial charge in [0.25, 0.3) is 0 Å². The van der Waals surface area contributed by atoms with E-state index >= 15 is 0 Å². The molecule has 5 nitrogen and oxygen atoms in total. The van der Waals surface area contributed by atoms with E-state index in [4.69, 9.17) is 15.0 Å². The van der Waals surface area contributed by atoms with E-state index in [-0.39, 0.29) is 0 Å². The van der Waals surface area contributed by atoms with Crippen molar-refractivity contribution in [3.63, 3.8) is 0 Å². The molecule has 0 fully saturated rings. The lowest BCUT2D eigenvalue weighted by Gasteiger charge is -2.14. The van der Waals surface area contributed by atoms with Gasteiger partial charge in [-0.25, -0.2) is 4.98 Å². The molecular formula is C47H29N5. The molecule has 0 saturated carbocycles. The van der Waals surface area contributed by atoms with Crippen LogP contribution in [-0.4, -0.2) is 24.1 Å². The zero-order valence-corrected chi connectivity index (χ0v) is 28.0. The Labute approximate surface area is 298 Å². The number of benzene rings is 8. The molecule has 0 radical (unpaired) electrons. The Balaban J connectivity index is 1.43. The number of hydrogen-bond donors (Lipinski definition) is 0. The van der Waals surface area contributed by atoms with Gasteiger partial charge >= 0.3 is 0 Å². The lowest BCUT2D eigenvalue weighted by molar-refractivity contribution is 0.954. The first-order valence-corrected chi connectivity index (χ1v) is 17.6. The van der Waals surface area contributed by atoms with Crippen LogP contribution < -0.4 is 0 Å². The second-order valence-corrected chi connectivity index (χ2v) is 13.2. The van der Waals surface area contributed by atoms with Crippen molar-refractivity contribution < 1.29 is 0 Å². The first-order chi connectivity index (χ1) is 25.8. The highest BCUT2D eigenvalue weighted by Gasteiger charge is 2.27. The van der Waals surface area contributed by atoms with Crippen molar-refractivity contribution >= 4 is 65.2 Å². The summed E-state index contributed by atoms with van der Waals surface area (Å²) in [6, 6.07) is 61.9. The fourth-order valence-corrected chi connectivity index (χ4v) is 8.15. The molecule has 0 saturated heterocycles. The maximum Gasteiger partial charge on any atom is 0.238 e. The molecule has 0 aliphatic heterocycles. The zero-order valence-electron chi connectivity index (χ0n) is 28.0. The van der Waals surface area contributed by atoms with Crippen LogP contribution in [0, 0.1) is 0 Å². The van der Waals surface area contributed by atoms with Gasteiger partial charge in [0.15, 0.2) is 11.6 Å². The average molecular weight is 664 g/mol. The molecule has 0 aliphatic carbocycles. The van der Waals surface area contributed by atoms with Crippen molar-refractivity contribution in [2.24, 2.45) is 0 Å². The summed E-state index contributed by atoms with van der Waals surface area (Å²) >= 11 is 0.